The summed E-state index contributed by atoms with van der Waals surface area (Å²) >= 11 is 0. The summed E-state index contributed by atoms with van der Waals surface area (Å²) in [6.45, 7) is 5.30. The molecule has 3 atom stereocenters. The maximum atomic E-state index is 5.62. The average molecular weight is 265 g/mol. The molecule has 1 fully saturated rings. The summed E-state index contributed by atoms with van der Waals surface area (Å²) in [5.41, 5.74) is 5.62. The molecule has 0 aliphatic heterocycles. The van der Waals surface area contributed by atoms with Crippen molar-refractivity contribution in [2.45, 2.75) is 64.7 Å². The van der Waals surface area contributed by atoms with Crippen LogP contribution in [-0.2, 0) is 6.42 Å². The monoisotopic (exact) mass is 265 g/mol. The topological polar surface area (TPSA) is 64.9 Å². The van der Waals surface area contributed by atoms with Gasteiger partial charge in [0.15, 0.2) is 5.82 Å². The number of hydrogen-bond donors (Lipinski definition) is 1. The standard InChI is InChI=1S/C15H27N3O/c1-3-12(8-9-16)5-7-14-17-15(18-19-14)13-6-4-11(2)10-13/h11-13H,3-10,16H2,1-2H3. The van der Waals surface area contributed by atoms with E-state index in [9.17, 15) is 0 Å². The molecule has 1 aromatic rings. The van der Waals surface area contributed by atoms with Gasteiger partial charge < -0.3 is 10.3 Å². The Labute approximate surface area is 116 Å². The van der Waals surface area contributed by atoms with Crippen molar-refractivity contribution in [1.29, 1.82) is 0 Å². The summed E-state index contributed by atoms with van der Waals surface area (Å²) in [6.07, 6.45) is 8.00. The molecule has 1 aliphatic rings. The average Bonchev–Trinajstić information content (AvgIpc) is 3.03. The highest BCUT2D eigenvalue weighted by molar-refractivity contribution is 4.99. The van der Waals surface area contributed by atoms with Gasteiger partial charge in [-0.2, -0.15) is 4.98 Å². The molecule has 1 heterocycles. The number of rotatable bonds is 7. The highest BCUT2D eigenvalue weighted by atomic mass is 16.5. The fourth-order valence-corrected chi connectivity index (χ4v) is 3.09. The second kappa shape index (κ2) is 7.04. The van der Waals surface area contributed by atoms with Crippen molar-refractivity contribution in [1.82, 2.24) is 10.1 Å². The third kappa shape index (κ3) is 4.03. The van der Waals surface area contributed by atoms with E-state index in [1.807, 2.05) is 0 Å². The molecule has 0 radical (unpaired) electrons. The minimum absolute atomic E-state index is 0.526. The Morgan fingerprint density at radius 1 is 1.37 bits per heavy atom. The Balaban J connectivity index is 1.83. The lowest BCUT2D eigenvalue weighted by atomic mass is 9.97. The number of nitrogens with two attached hydrogens (primary N) is 1. The zero-order chi connectivity index (χ0) is 13.7. The van der Waals surface area contributed by atoms with E-state index in [-0.39, 0.29) is 0 Å². The van der Waals surface area contributed by atoms with Crippen molar-refractivity contribution in [2.24, 2.45) is 17.6 Å². The first-order chi connectivity index (χ1) is 9.22. The summed E-state index contributed by atoms with van der Waals surface area (Å²) in [5, 5.41) is 4.17. The first-order valence-electron chi connectivity index (χ1n) is 7.75. The summed E-state index contributed by atoms with van der Waals surface area (Å²) in [6, 6.07) is 0. The molecule has 2 N–H and O–H groups in total. The van der Waals surface area contributed by atoms with E-state index in [4.69, 9.17) is 10.3 Å². The second-order valence-electron chi connectivity index (χ2n) is 6.05. The number of nitrogens with zero attached hydrogens (tertiary/aromatic N) is 2. The molecule has 0 amide bonds. The van der Waals surface area contributed by atoms with Gasteiger partial charge in [0.2, 0.25) is 5.89 Å². The molecule has 1 aromatic heterocycles. The fraction of sp³-hybridized carbons (Fsp3) is 0.867. The van der Waals surface area contributed by atoms with Crippen LogP contribution < -0.4 is 5.73 Å². The smallest absolute Gasteiger partial charge is 0.226 e. The third-order valence-electron chi connectivity index (χ3n) is 4.46. The Kier molecular flexibility index (Phi) is 5.37. The van der Waals surface area contributed by atoms with Crippen molar-refractivity contribution in [3.8, 4) is 0 Å². The van der Waals surface area contributed by atoms with Crippen LogP contribution in [0, 0.1) is 11.8 Å². The predicted molar refractivity (Wildman–Crippen MR) is 75.8 cm³/mol. The third-order valence-corrected chi connectivity index (χ3v) is 4.46. The highest BCUT2D eigenvalue weighted by Crippen LogP contribution is 2.36. The normalized spacial score (nSPS) is 24.8. The van der Waals surface area contributed by atoms with Crippen molar-refractivity contribution in [3.63, 3.8) is 0 Å². The van der Waals surface area contributed by atoms with Gasteiger partial charge in [-0.15, -0.1) is 0 Å². The predicted octanol–water partition coefficient (Wildman–Crippen LogP) is 3.28. The molecule has 2 rings (SSSR count). The second-order valence-corrected chi connectivity index (χ2v) is 6.05. The van der Waals surface area contributed by atoms with Crippen LogP contribution in [0.5, 0.6) is 0 Å². The number of hydrogen-bond acceptors (Lipinski definition) is 4. The first-order valence-corrected chi connectivity index (χ1v) is 7.75. The fourth-order valence-electron chi connectivity index (χ4n) is 3.09. The molecule has 0 aromatic carbocycles. The van der Waals surface area contributed by atoms with Gasteiger partial charge in [0.1, 0.15) is 0 Å². The minimum atomic E-state index is 0.526. The van der Waals surface area contributed by atoms with E-state index in [1.165, 1.54) is 25.7 Å². The van der Waals surface area contributed by atoms with E-state index in [2.05, 4.69) is 24.0 Å². The van der Waals surface area contributed by atoms with Crippen LogP contribution >= 0.6 is 0 Å². The van der Waals surface area contributed by atoms with Gasteiger partial charge in [0, 0.05) is 12.3 Å². The van der Waals surface area contributed by atoms with Crippen LogP contribution in [0.25, 0.3) is 0 Å². The number of aromatic nitrogens is 2. The molecule has 4 heteroatoms. The van der Waals surface area contributed by atoms with Crippen LogP contribution in [0.2, 0.25) is 0 Å². The van der Waals surface area contributed by atoms with Gasteiger partial charge in [-0.1, -0.05) is 25.4 Å². The zero-order valence-corrected chi connectivity index (χ0v) is 12.3. The van der Waals surface area contributed by atoms with Crippen molar-refractivity contribution in [3.05, 3.63) is 11.7 Å². The Bertz CT molecular complexity index is 377. The molecule has 0 saturated heterocycles. The molecule has 19 heavy (non-hydrogen) atoms. The van der Waals surface area contributed by atoms with Crippen molar-refractivity contribution >= 4 is 0 Å². The lowest BCUT2D eigenvalue weighted by molar-refractivity contribution is 0.348. The molecule has 3 unspecified atom stereocenters. The van der Waals surface area contributed by atoms with Crippen molar-refractivity contribution in [2.75, 3.05) is 6.54 Å². The van der Waals surface area contributed by atoms with E-state index >= 15 is 0 Å². The molecule has 0 bridgehead atoms. The van der Waals surface area contributed by atoms with E-state index < -0.39 is 0 Å². The highest BCUT2D eigenvalue weighted by Gasteiger charge is 2.26. The SMILES string of the molecule is CCC(CCN)CCc1nc(C2CCC(C)C2)no1. The van der Waals surface area contributed by atoms with Gasteiger partial charge in [-0.3, -0.25) is 0 Å². The van der Waals surface area contributed by atoms with E-state index in [1.54, 1.807) is 0 Å². The van der Waals surface area contributed by atoms with Crippen LogP contribution in [0.3, 0.4) is 0 Å². The van der Waals surface area contributed by atoms with E-state index in [0.29, 0.717) is 11.8 Å². The Hall–Kier alpha value is -0.900. The van der Waals surface area contributed by atoms with Crippen LogP contribution in [0.4, 0.5) is 0 Å². The summed E-state index contributed by atoms with van der Waals surface area (Å²) in [7, 11) is 0. The van der Waals surface area contributed by atoms with Crippen LogP contribution in [0.1, 0.15) is 70.0 Å². The lowest BCUT2D eigenvalue weighted by Gasteiger charge is -2.11. The summed E-state index contributed by atoms with van der Waals surface area (Å²) in [4.78, 5) is 4.58. The lowest BCUT2D eigenvalue weighted by Crippen LogP contribution is -2.09. The minimum Gasteiger partial charge on any atom is -0.339 e. The first kappa shape index (κ1) is 14.5. The maximum absolute atomic E-state index is 5.62. The van der Waals surface area contributed by atoms with Gasteiger partial charge in [-0.25, -0.2) is 0 Å². The molecule has 108 valence electrons. The number of aryl methyl sites for hydroxylation is 1. The van der Waals surface area contributed by atoms with Gasteiger partial charge in [0.05, 0.1) is 0 Å². The molecule has 1 saturated carbocycles. The van der Waals surface area contributed by atoms with Crippen molar-refractivity contribution < 1.29 is 4.52 Å². The zero-order valence-electron chi connectivity index (χ0n) is 12.3. The molecule has 0 spiro atoms. The Morgan fingerprint density at radius 2 is 2.21 bits per heavy atom. The van der Waals surface area contributed by atoms with Crippen LogP contribution in [0.15, 0.2) is 4.52 Å². The van der Waals surface area contributed by atoms with E-state index in [0.717, 1.165) is 43.4 Å². The molecule has 4 nitrogen and oxygen atoms in total. The molecule has 1 aliphatic carbocycles. The van der Waals surface area contributed by atoms with Gasteiger partial charge in [0.25, 0.3) is 0 Å². The largest absolute Gasteiger partial charge is 0.339 e. The quantitative estimate of drug-likeness (QED) is 0.821. The molecular weight excluding hydrogens is 238 g/mol. The summed E-state index contributed by atoms with van der Waals surface area (Å²) in [5.74, 6) is 3.77. The van der Waals surface area contributed by atoms with Crippen LogP contribution in [-0.4, -0.2) is 16.7 Å². The summed E-state index contributed by atoms with van der Waals surface area (Å²) < 4.78 is 5.39. The molecular formula is C15H27N3O. The Morgan fingerprint density at radius 3 is 2.84 bits per heavy atom. The van der Waals surface area contributed by atoms with Gasteiger partial charge in [-0.05, 0) is 50.5 Å². The van der Waals surface area contributed by atoms with Gasteiger partial charge >= 0.3 is 0 Å². The maximum Gasteiger partial charge on any atom is 0.226 e.